The highest BCUT2D eigenvalue weighted by atomic mass is 35.5. The first-order valence-corrected chi connectivity index (χ1v) is 7.99. The lowest BCUT2D eigenvalue weighted by molar-refractivity contribution is 0.547. The fraction of sp³-hybridized carbons (Fsp3) is 0.538. The lowest BCUT2D eigenvalue weighted by Crippen LogP contribution is -2.39. The molecule has 1 fully saturated rings. The number of nitrogens with two attached hydrogens (primary N) is 1. The van der Waals surface area contributed by atoms with E-state index in [1.165, 1.54) is 0 Å². The molecule has 6 heteroatoms. The number of halogens is 1. The van der Waals surface area contributed by atoms with Crippen molar-refractivity contribution in [3.05, 3.63) is 35.9 Å². The summed E-state index contributed by atoms with van der Waals surface area (Å²) in [5, 5.41) is 0. The van der Waals surface area contributed by atoms with Crippen molar-refractivity contribution in [2.75, 3.05) is 12.3 Å². The van der Waals surface area contributed by atoms with Crippen LogP contribution in [0.5, 0.6) is 0 Å². The van der Waals surface area contributed by atoms with E-state index >= 15 is 0 Å². The van der Waals surface area contributed by atoms with Crippen LogP contribution in [0.2, 0.25) is 0 Å². The number of hydrogen-bond donors (Lipinski definition) is 2. The van der Waals surface area contributed by atoms with Crippen molar-refractivity contribution in [1.82, 2.24) is 4.72 Å². The highest BCUT2D eigenvalue weighted by Crippen LogP contribution is 2.31. The molecular weight excluding hydrogens is 284 g/mol. The van der Waals surface area contributed by atoms with E-state index in [2.05, 4.69) is 4.72 Å². The Balaban J connectivity index is 0.00000180. The molecule has 1 unspecified atom stereocenters. The molecule has 3 N–H and O–H groups in total. The van der Waals surface area contributed by atoms with Crippen LogP contribution in [0.15, 0.2) is 30.3 Å². The van der Waals surface area contributed by atoms with Gasteiger partial charge in [0, 0.05) is 12.6 Å². The largest absolute Gasteiger partial charge is 0.326 e. The average Bonchev–Trinajstić information content (AvgIpc) is 3.19. The molecule has 1 aliphatic rings. The Kier molecular flexibility index (Phi) is 6.26. The quantitative estimate of drug-likeness (QED) is 0.798. The first kappa shape index (κ1) is 16.4. The third-order valence-corrected chi connectivity index (χ3v) is 4.62. The van der Waals surface area contributed by atoms with Crippen LogP contribution in [0.25, 0.3) is 0 Å². The van der Waals surface area contributed by atoms with Gasteiger partial charge in [0.2, 0.25) is 10.0 Å². The maximum atomic E-state index is 11.8. The summed E-state index contributed by atoms with van der Waals surface area (Å²) >= 11 is 0. The van der Waals surface area contributed by atoms with Gasteiger partial charge in [0.25, 0.3) is 0 Å². The second-order valence-electron chi connectivity index (χ2n) is 4.90. The van der Waals surface area contributed by atoms with Crippen molar-refractivity contribution in [2.24, 2.45) is 11.7 Å². The van der Waals surface area contributed by atoms with Crippen LogP contribution in [-0.2, 0) is 16.4 Å². The standard InChI is InChI=1S/C13H20N2O2S.ClH/c14-13(12-6-7-12)10-15-18(16,17)9-8-11-4-2-1-3-5-11;/h1-5,12-13,15H,6-10,14H2;1H. The molecule has 0 saturated heterocycles. The fourth-order valence-corrected chi connectivity index (χ4v) is 2.98. The Morgan fingerprint density at radius 1 is 1.26 bits per heavy atom. The molecule has 0 bridgehead atoms. The summed E-state index contributed by atoms with van der Waals surface area (Å²) in [6.07, 6.45) is 2.80. The number of hydrogen-bond acceptors (Lipinski definition) is 3. The first-order valence-electron chi connectivity index (χ1n) is 6.34. The lowest BCUT2D eigenvalue weighted by Gasteiger charge is -2.12. The van der Waals surface area contributed by atoms with Gasteiger partial charge in [-0.15, -0.1) is 12.4 Å². The molecule has 19 heavy (non-hydrogen) atoms. The number of nitrogens with one attached hydrogen (secondary N) is 1. The van der Waals surface area contributed by atoms with Crippen molar-refractivity contribution >= 4 is 22.4 Å². The van der Waals surface area contributed by atoms with Crippen LogP contribution in [0.3, 0.4) is 0 Å². The Labute approximate surface area is 121 Å². The topological polar surface area (TPSA) is 72.2 Å². The fourth-order valence-electron chi connectivity index (χ4n) is 1.88. The molecule has 0 heterocycles. The van der Waals surface area contributed by atoms with Crippen LogP contribution in [0.4, 0.5) is 0 Å². The van der Waals surface area contributed by atoms with E-state index in [1.807, 2.05) is 30.3 Å². The van der Waals surface area contributed by atoms with Gasteiger partial charge in [0.15, 0.2) is 0 Å². The first-order chi connectivity index (χ1) is 8.57. The molecule has 2 rings (SSSR count). The summed E-state index contributed by atoms with van der Waals surface area (Å²) in [5.41, 5.74) is 6.90. The zero-order valence-corrected chi connectivity index (χ0v) is 12.4. The predicted octanol–water partition coefficient (Wildman–Crippen LogP) is 1.31. The minimum Gasteiger partial charge on any atom is -0.326 e. The molecule has 1 atom stereocenters. The summed E-state index contributed by atoms with van der Waals surface area (Å²) in [6, 6.07) is 9.59. The Bertz CT molecular complexity index is 475. The summed E-state index contributed by atoms with van der Waals surface area (Å²) in [6.45, 7) is 0.363. The molecule has 0 aliphatic heterocycles. The van der Waals surface area contributed by atoms with Crippen molar-refractivity contribution < 1.29 is 8.42 Å². The van der Waals surface area contributed by atoms with Crippen LogP contribution in [-0.4, -0.2) is 26.8 Å². The summed E-state index contributed by atoms with van der Waals surface area (Å²) < 4.78 is 26.2. The summed E-state index contributed by atoms with van der Waals surface area (Å²) in [5.74, 6) is 0.635. The van der Waals surface area contributed by atoms with Crippen LogP contribution in [0.1, 0.15) is 18.4 Å². The van der Waals surface area contributed by atoms with E-state index in [0.717, 1.165) is 18.4 Å². The minimum atomic E-state index is -3.21. The van der Waals surface area contributed by atoms with Gasteiger partial charge >= 0.3 is 0 Å². The van der Waals surface area contributed by atoms with Crippen molar-refractivity contribution in [1.29, 1.82) is 0 Å². The Hall–Kier alpha value is -0.620. The molecule has 1 aliphatic carbocycles. The number of rotatable bonds is 7. The van der Waals surface area contributed by atoms with Gasteiger partial charge in [-0.1, -0.05) is 30.3 Å². The second kappa shape index (κ2) is 7.24. The van der Waals surface area contributed by atoms with Gasteiger partial charge in [-0.3, -0.25) is 0 Å². The maximum absolute atomic E-state index is 11.8. The van der Waals surface area contributed by atoms with E-state index in [-0.39, 0.29) is 24.2 Å². The van der Waals surface area contributed by atoms with Gasteiger partial charge in [-0.25, -0.2) is 13.1 Å². The molecule has 0 radical (unpaired) electrons. The normalized spacial score (nSPS) is 16.7. The molecule has 1 aromatic rings. The van der Waals surface area contributed by atoms with E-state index in [1.54, 1.807) is 0 Å². The predicted molar refractivity (Wildman–Crippen MR) is 79.9 cm³/mol. The third-order valence-electron chi connectivity index (χ3n) is 3.27. The Morgan fingerprint density at radius 2 is 1.89 bits per heavy atom. The van der Waals surface area contributed by atoms with Gasteiger partial charge in [-0.2, -0.15) is 0 Å². The monoisotopic (exact) mass is 304 g/mol. The second-order valence-corrected chi connectivity index (χ2v) is 6.83. The van der Waals surface area contributed by atoms with E-state index in [4.69, 9.17) is 5.73 Å². The van der Waals surface area contributed by atoms with Crippen LogP contribution in [0, 0.1) is 5.92 Å². The molecular formula is C13H21ClN2O2S. The molecule has 0 amide bonds. The van der Waals surface area contributed by atoms with Gasteiger partial charge in [0.1, 0.15) is 0 Å². The lowest BCUT2D eigenvalue weighted by atomic mass is 10.2. The maximum Gasteiger partial charge on any atom is 0.211 e. The number of sulfonamides is 1. The SMILES string of the molecule is Cl.NC(CNS(=O)(=O)CCc1ccccc1)C1CC1. The zero-order chi connectivity index (χ0) is 13.0. The minimum absolute atomic E-state index is 0. The molecule has 108 valence electrons. The van der Waals surface area contributed by atoms with E-state index in [0.29, 0.717) is 18.9 Å². The molecule has 0 spiro atoms. The van der Waals surface area contributed by atoms with Crippen molar-refractivity contribution in [2.45, 2.75) is 25.3 Å². The van der Waals surface area contributed by atoms with Gasteiger partial charge in [0.05, 0.1) is 5.75 Å². The van der Waals surface area contributed by atoms with Gasteiger partial charge in [-0.05, 0) is 30.7 Å². The Morgan fingerprint density at radius 3 is 2.47 bits per heavy atom. The molecule has 0 aromatic heterocycles. The van der Waals surface area contributed by atoms with E-state index in [9.17, 15) is 8.42 Å². The highest BCUT2D eigenvalue weighted by molar-refractivity contribution is 7.89. The smallest absolute Gasteiger partial charge is 0.211 e. The molecule has 1 aromatic carbocycles. The third kappa shape index (κ3) is 5.91. The molecule has 1 saturated carbocycles. The molecule has 4 nitrogen and oxygen atoms in total. The average molecular weight is 305 g/mol. The van der Waals surface area contributed by atoms with Gasteiger partial charge < -0.3 is 5.73 Å². The number of aryl methyl sites for hydroxylation is 1. The van der Waals surface area contributed by atoms with Crippen LogP contribution >= 0.6 is 12.4 Å². The number of benzene rings is 1. The summed E-state index contributed by atoms with van der Waals surface area (Å²) in [4.78, 5) is 0. The highest BCUT2D eigenvalue weighted by Gasteiger charge is 2.29. The van der Waals surface area contributed by atoms with E-state index < -0.39 is 10.0 Å². The zero-order valence-electron chi connectivity index (χ0n) is 10.8. The van der Waals surface area contributed by atoms with Crippen molar-refractivity contribution in [3.63, 3.8) is 0 Å². The van der Waals surface area contributed by atoms with Crippen LogP contribution < -0.4 is 10.5 Å². The van der Waals surface area contributed by atoms with Crippen molar-refractivity contribution in [3.8, 4) is 0 Å². The summed E-state index contributed by atoms with van der Waals surface area (Å²) in [7, 11) is -3.21.